The summed E-state index contributed by atoms with van der Waals surface area (Å²) in [7, 11) is -2.01. The number of halogens is 1. The van der Waals surface area contributed by atoms with Gasteiger partial charge >= 0.3 is 0 Å². The van der Waals surface area contributed by atoms with Gasteiger partial charge in [-0.2, -0.15) is 0 Å². The Hall–Kier alpha value is -1.80. The Labute approximate surface area is 172 Å². The molecule has 2 aromatic rings. The third-order valence-corrected chi connectivity index (χ3v) is 6.82. The van der Waals surface area contributed by atoms with Crippen LogP contribution in [-0.4, -0.2) is 41.7 Å². The Morgan fingerprint density at radius 1 is 1.14 bits per heavy atom. The molecule has 2 N–H and O–H groups in total. The number of anilines is 1. The van der Waals surface area contributed by atoms with Crippen LogP contribution in [-0.2, 0) is 16.4 Å². The molecule has 4 rings (SSSR count). The minimum absolute atomic E-state index is 0. The number of benzene rings is 2. The van der Waals surface area contributed by atoms with Crippen LogP contribution in [0, 0.1) is 0 Å². The predicted molar refractivity (Wildman–Crippen MR) is 113 cm³/mol. The maximum atomic E-state index is 13.0. The van der Waals surface area contributed by atoms with Gasteiger partial charge in [-0.25, -0.2) is 13.1 Å². The van der Waals surface area contributed by atoms with Crippen molar-refractivity contribution in [1.82, 2.24) is 10.0 Å². The molecule has 2 aromatic carbocycles. The lowest BCUT2D eigenvalue weighted by molar-refractivity contribution is 0.412. The van der Waals surface area contributed by atoms with Crippen molar-refractivity contribution in [2.75, 3.05) is 38.2 Å². The number of sulfonamides is 1. The number of aryl methyl sites for hydroxylation is 1. The first-order chi connectivity index (χ1) is 13.1. The minimum atomic E-state index is -3.62. The monoisotopic (exact) mass is 423 g/mol. The SMILES string of the molecule is COc1ccc(S(=O)(=O)NC2CCc3ccccc32)cc1N1CCNCC1.Cl. The number of rotatable bonds is 5. The zero-order valence-corrected chi connectivity index (χ0v) is 17.5. The van der Waals surface area contributed by atoms with Gasteiger partial charge in [0, 0.05) is 32.2 Å². The Kier molecular flexibility index (Phi) is 6.50. The van der Waals surface area contributed by atoms with Gasteiger partial charge in [-0.3, -0.25) is 0 Å². The van der Waals surface area contributed by atoms with E-state index in [4.69, 9.17) is 4.74 Å². The number of fused-ring (bicyclic) bond motifs is 1. The molecule has 1 atom stereocenters. The summed E-state index contributed by atoms with van der Waals surface area (Å²) in [5.41, 5.74) is 3.13. The molecule has 28 heavy (non-hydrogen) atoms. The van der Waals surface area contributed by atoms with Crippen molar-refractivity contribution in [2.45, 2.75) is 23.8 Å². The summed E-state index contributed by atoms with van der Waals surface area (Å²) in [6.07, 6.45) is 1.69. The van der Waals surface area contributed by atoms with Crippen molar-refractivity contribution < 1.29 is 13.2 Å². The summed E-state index contributed by atoms with van der Waals surface area (Å²) < 4.78 is 34.5. The highest BCUT2D eigenvalue weighted by molar-refractivity contribution is 7.89. The van der Waals surface area contributed by atoms with Gasteiger partial charge in [0.1, 0.15) is 5.75 Å². The zero-order valence-electron chi connectivity index (χ0n) is 15.8. The lowest BCUT2D eigenvalue weighted by Gasteiger charge is -2.31. The summed E-state index contributed by atoms with van der Waals surface area (Å²) in [6, 6.07) is 13.0. The molecule has 1 heterocycles. The van der Waals surface area contributed by atoms with Crippen molar-refractivity contribution in [3.05, 3.63) is 53.6 Å². The van der Waals surface area contributed by atoms with Crippen LogP contribution >= 0.6 is 12.4 Å². The second-order valence-corrected chi connectivity index (χ2v) is 8.70. The van der Waals surface area contributed by atoms with E-state index in [1.807, 2.05) is 18.2 Å². The van der Waals surface area contributed by atoms with E-state index in [1.165, 1.54) is 5.56 Å². The molecule has 1 fully saturated rings. The molecule has 1 saturated heterocycles. The second-order valence-electron chi connectivity index (χ2n) is 6.98. The van der Waals surface area contributed by atoms with Gasteiger partial charge in [0.15, 0.2) is 0 Å². The first-order valence-electron chi connectivity index (χ1n) is 9.32. The largest absolute Gasteiger partial charge is 0.495 e. The normalized spacial score (nSPS) is 19.0. The smallest absolute Gasteiger partial charge is 0.241 e. The lowest BCUT2D eigenvalue weighted by Crippen LogP contribution is -2.43. The van der Waals surface area contributed by atoms with Crippen LogP contribution in [0.25, 0.3) is 0 Å². The average molecular weight is 424 g/mol. The fraction of sp³-hybridized carbons (Fsp3) is 0.400. The maximum Gasteiger partial charge on any atom is 0.241 e. The highest BCUT2D eigenvalue weighted by atomic mass is 35.5. The summed E-state index contributed by atoms with van der Waals surface area (Å²) in [4.78, 5) is 2.44. The van der Waals surface area contributed by atoms with E-state index in [0.29, 0.717) is 5.75 Å². The lowest BCUT2D eigenvalue weighted by atomic mass is 10.1. The number of hydrogen-bond donors (Lipinski definition) is 2. The molecule has 0 amide bonds. The van der Waals surface area contributed by atoms with E-state index in [0.717, 1.165) is 50.3 Å². The van der Waals surface area contributed by atoms with Crippen LogP contribution in [0.5, 0.6) is 5.75 Å². The minimum Gasteiger partial charge on any atom is -0.495 e. The molecular weight excluding hydrogens is 398 g/mol. The number of nitrogens with one attached hydrogen (secondary N) is 2. The Morgan fingerprint density at radius 2 is 1.89 bits per heavy atom. The van der Waals surface area contributed by atoms with Crippen molar-refractivity contribution in [3.63, 3.8) is 0 Å². The van der Waals surface area contributed by atoms with E-state index in [-0.39, 0.29) is 23.3 Å². The molecule has 0 radical (unpaired) electrons. The molecule has 0 spiro atoms. The standard InChI is InChI=1S/C20H25N3O3S.ClH/c1-26-20-9-7-16(14-19(20)23-12-10-21-11-13-23)27(24,25)22-18-8-6-15-4-2-3-5-17(15)18;/h2-5,7,9,14,18,21-22H,6,8,10-13H2,1H3;1H. The Morgan fingerprint density at radius 3 is 2.64 bits per heavy atom. The van der Waals surface area contributed by atoms with Crippen LogP contribution in [0.15, 0.2) is 47.4 Å². The van der Waals surface area contributed by atoms with Gasteiger partial charge in [0.05, 0.1) is 17.7 Å². The molecule has 8 heteroatoms. The molecule has 1 aliphatic heterocycles. The van der Waals surface area contributed by atoms with E-state index in [1.54, 1.807) is 25.3 Å². The predicted octanol–water partition coefficient (Wildman–Crippen LogP) is 2.49. The summed E-state index contributed by atoms with van der Waals surface area (Å²) in [5.74, 6) is 0.696. The number of hydrogen-bond acceptors (Lipinski definition) is 5. The molecule has 0 bridgehead atoms. The molecule has 6 nitrogen and oxygen atoms in total. The van der Waals surface area contributed by atoms with E-state index >= 15 is 0 Å². The van der Waals surface area contributed by atoms with Gasteiger partial charge in [-0.05, 0) is 42.2 Å². The topological polar surface area (TPSA) is 70.7 Å². The molecule has 0 saturated carbocycles. The molecule has 2 aliphatic rings. The van der Waals surface area contributed by atoms with Gasteiger partial charge < -0.3 is 15.0 Å². The van der Waals surface area contributed by atoms with Gasteiger partial charge in [-0.15, -0.1) is 12.4 Å². The molecule has 152 valence electrons. The number of nitrogens with zero attached hydrogens (tertiary/aromatic N) is 1. The quantitative estimate of drug-likeness (QED) is 0.773. The first-order valence-corrected chi connectivity index (χ1v) is 10.8. The first kappa shape index (κ1) is 20.9. The molecule has 0 aromatic heterocycles. The van der Waals surface area contributed by atoms with Gasteiger partial charge in [-0.1, -0.05) is 24.3 Å². The van der Waals surface area contributed by atoms with Crippen molar-refractivity contribution >= 4 is 28.1 Å². The van der Waals surface area contributed by atoms with Crippen molar-refractivity contribution in [1.29, 1.82) is 0 Å². The summed E-state index contributed by atoms with van der Waals surface area (Å²) in [5, 5.41) is 3.31. The van der Waals surface area contributed by atoms with E-state index in [9.17, 15) is 8.42 Å². The van der Waals surface area contributed by atoms with Gasteiger partial charge in [0.25, 0.3) is 0 Å². The Bertz CT molecular complexity index is 930. The number of ether oxygens (including phenoxy) is 1. The van der Waals surface area contributed by atoms with Crippen LogP contribution in [0.1, 0.15) is 23.6 Å². The fourth-order valence-corrected chi connectivity index (χ4v) is 5.19. The van der Waals surface area contributed by atoms with Crippen LogP contribution in [0.3, 0.4) is 0 Å². The number of methoxy groups -OCH3 is 1. The number of piperazine rings is 1. The van der Waals surface area contributed by atoms with Crippen LogP contribution < -0.4 is 19.7 Å². The van der Waals surface area contributed by atoms with Crippen molar-refractivity contribution in [2.24, 2.45) is 0 Å². The third-order valence-electron chi connectivity index (χ3n) is 5.35. The summed E-state index contributed by atoms with van der Waals surface area (Å²) >= 11 is 0. The molecule has 1 unspecified atom stereocenters. The Balaban J connectivity index is 0.00000225. The van der Waals surface area contributed by atoms with Crippen molar-refractivity contribution in [3.8, 4) is 5.75 Å². The molecule has 1 aliphatic carbocycles. The van der Waals surface area contributed by atoms with Gasteiger partial charge in [0.2, 0.25) is 10.0 Å². The van der Waals surface area contributed by atoms with Crippen LogP contribution in [0.2, 0.25) is 0 Å². The highest BCUT2D eigenvalue weighted by Crippen LogP contribution is 2.34. The highest BCUT2D eigenvalue weighted by Gasteiger charge is 2.28. The average Bonchev–Trinajstić information content (AvgIpc) is 3.10. The third kappa shape index (κ3) is 4.12. The van der Waals surface area contributed by atoms with E-state index in [2.05, 4.69) is 21.0 Å². The zero-order chi connectivity index (χ0) is 18.9. The maximum absolute atomic E-state index is 13.0. The fourth-order valence-electron chi connectivity index (χ4n) is 3.92. The molecular formula is C20H26ClN3O3S. The van der Waals surface area contributed by atoms with Crippen LogP contribution in [0.4, 0.5) is 5.69 Å². The second kappa shape index (κ2) is 8.69. The summed E-state index contributed by atoms with van der Waals surface area (Å²) in [6.45, 7) is 3.39. The van der Waals surface area contributed by atoms with E-state index < -0.39 is 10.0 Å².